The standard InChI is InChI=1S/C28H33BrFNO5/c1-27(2,3)36-26(33)31-24(15-17-28(31,25(32)34-4)16-7-8-18-29)20-11-13-22(14-12-20)35-19-21-9-5-6-10-23(21)30/h5-14,24H,15-19H2,1-4H3/t24-,28+/m1/s1. The summed E-state index contributed by atoms with van der Waals surface area (Å²) in [4.78, 5) is 28.1. The van der Waals surface area contributed by atoms with Crippen molar-refractivity contribution >= 4 is 28.0 Å². The largest absolute Gasteiger partial charge is 0.489 e. The van der Waals surface area contributed by atoms with Crippen molar-refractivity contribution in [1.82, 2.24) is 4.90 Å². The van der Waals surface area contributed by atoms with Gasteiger partial charge in [0.05, 0.1) is 13.2 Å². The molecule has 0 N–H and O–H groups in total. The lowest BCUT2D eigenvalue weighted by molar-refractivity contribution is -0.154. The first kappa shape index (κ1) is 27.7. The van der Waals surface area contributed by atoms with Crippen molar-refractivity contribution in [2.75, 3.05) is 12.4 Å². The fourth-order valence-corrected chi connectivity index (χ4v) is 4.69. The molecule has 2 atom stereocenters. The van der Waals surface area contributed by atoms with Gasteiger partial charge in [-0.3, -0.25) is 4.90 Å². The average molecular weight is 562 g/mol. The topological polar surface area (TPSA) is 65.1 Å². The van der Waals surface area contributed by atoms with Crippen molar-refractivity contribution in [2.45, 2.75) is 63.8 Å². The minimum Gasteiger partial charge on any atom is -0.489 e. The predicted octanol–water partition coefficient (Wildman–Crippen LogP) is 6.73. The number of ether oxygens (including phenoxy) is 3. The van der Waals surface area contributed by atoms with Gasteiger partial charge in [-0.2, -0.15) is 0 Å². The Morgan fingerprint density at radius 3 is 2.44 bits per heavy atom. The van der Waals surface area contributed by atoms with Crippen LogP contribution in [0.5, 0.6) is 5.75 Å². The van der Waals surface area contributed by atoms with E-state index in [2.05, 4.69) is 15.9 Å². The summed E-state index contributed by atoms with van der Waals surface area (Å²) in [6.07, 6.45) is 4.51. The number of alkyl halides is 1. The summed E-state index contributed by atoms with van der Waals surface area (Å²) in [6.45, 7) is 5.48. The van der Waals surface area contributed by atoms with Crippen molar-refractivity contribution in [3.05, 3.63) is 77.6 Å². The molecule has 8 heteroatoms. The Labute approximate surface area is 220 Å². The van der Waals surface area contributed by atoms with Crippen LogP contribution in [0.2, 0.25) is 0 Å². The maximum atomic E-state index is 13.9. The van der Waals surface area contributed by atoms with E-state index in [0.29, 0.717) is 35.9 Å². The molecule has 0 saturated carbocycles. The summed E-state index contributed by atoms with van der Waals surface area (Å²) in [5, 5.41) is 0.633. The molecule has 194 valence electrons. The van der Waals surface area contributed by atoms with Crippen LogP contribution in [0.15, 0.2) is 60.7 Å². The summed E-state index contributed by atoms with van der Waals surface area (Å²) in [5.74, 6) is -0.218. The van der Waals surface area contributed by atoms with Gasteiger partial charge in [-0.1, -0.05) is 58.4 Å². The number of rotatable bonds is 8. The van der Waals surface area contributed by atoms with Crippen LogP contribution < -0.4 is 4.74 Å². The number of esters is 1. The molecule has 1 aliphatic heterocycles. The smallest absolute Gasteiger partial charge is 0.411 e. The molecule has 0 unspecified atom stereocenters. The summed E-state index contributed by atoms with van der Waals surface area (Å²) in [5.41, 5.74) is -0.606. The Kier molecular flexibility index (Phi) is 9.17. The maximum Gasteiger partial charge on any atom is 0.411 e. The number of methoxy groups -OCH3 is 1. The Morgan fingerprint density at radius 2 is 1.83 bits per heavy atom. The van der Waals surface area contributed by atoms with E-state index in [1.165, 1.54) is 18.1 Å². The van der Waals surface area contributed by atoms with E-state index in [-0.39, 0.29) is 12.4 Å². The van der Waals surface area contributed by atoms with Gasteiger partial charge in [0.15, 0.2) is 0 Å². The lowest BCUT2D eigenvalue weighted by atomic mass is 9.92. The molecule has 3 rings (SSSR count). The summed E-state index contributed by atoms with van der Waals surface area (Å²) in [7, 11) is 1.33. The quantitative estimate of drug-likeness (QED) is 0.203. The van der Waals surface area contributed by atoms with Crippen molar-refractivity contribution in [2.24, 2.45) is 0 Å². The summed E-state index contributed by atoms with van der Waals surface area (Å²) in [6, 6.07) is 13.4. The highest BCUT2D eigenvalue weighted by molar-refractivity contribution is 9.09. The minimum absolute atomic E-state index is 0.102. The van der Waals surface area contributed by atoms with Crippen molar-refractivity contribution in [3.63, 3.8) is 0 Å². The first-order valence-electron chi connectivity index (χ1n) is 11.9. The molecular formula is C28H33BrFNO5. The predicted molar refractivity (Wildman–Crippen MR) is 140 cm³/mol. The highest BCUT2D eigenvalue weighted by atomic mass is 79.9. The zero-order valence-corrected chi connectivity index (χ0v) is 22.7. The molecule has 1 heterocycles. The van der Waals surface area contributed by atoms with Crippen molar-refractivity contribution < 1.29 is 28.2 Å². The number of likely N-dealkylation sites (tertiary alicyclic amines) is 1. The number of hydrogen-bond donors (Lipinski definition) is 0. The number of hydrogen-bond acceptors (Lipinski definition) is 5. The van der Waals surface area contributed by atoms with Gasteiger partial charge in [0, 0.05) is 10.9 Å². The molecule has 0 spiro atoms. The van der Waals surface area contributed by atoms with E-state index in [1.54, 1.807) is 51.1 Å². The highest BCUT2D eigenvalue weighted by Gasteiger charge is 2.55. The molecule has 1 aliphatic rings. The fourth-order valence-electron chi connectivity index (χ4n) is 4.43. The van der Waals surface area contributed by atoms with Crippen LogP contribution in [0.4, 0.5) is 9.18 Å². The van der Waals surface area contributed by atoms with Crippen LogP contribution in [0.3, 0.4) is 0 Å². The summed E-state index contributed by atoms with van der Waals surface area (Å²) >= 11 is 3.36. The molecule has 0 aliphatic carbocycles. The van der Waals surface area contributed by atoms with Gasteiger partial charge in [-0.05, 0) is 63.8 Å². The first-order valence-corrected chi connectivity index (χ1v) is 13.0. The molecule has 0 aromatic heterocycles. The van der Waals surface area contributed by atoms with Gasteiger partial charge >= 0.3 is 12.1 Å². The lowest BCUT2D eigenvalue weighted by Crippen LogP contribution is -2.55. The number of benzene rings is 2. The third-order valence-corrected chi connectivity index (χ3v) is 6.46. The summed E-state index contributed by atoms with van der Waals surface area (Å²) < 4.78 is 30.6. The molecule has 2 aromatic rings. The SMILES string of the molecule is COC(=O)[C@]1(CC=CCBr)CC[C@H](c2ccc(OCc3ccccc3F)cc2)N1C(=O)OC(C)(C)C. The number of allylic oxidation sites excluding steroid dienone is 1. The number of carbonyl (C=O) groups is 2. The van der Waals surface area contributed by atoms with Gasteiger partial charge in [0.2, 0.25) is 0 Å². The molecule has 0 bridgehead atoms. The Morgan fingerprint density at radius 1 is 1.14 bits per heavy atom. The third-order valence-electron chi connectivity index (χ3n) is 6.09. The number of amides is 1. The highest BCUT2D eigenvalue weighted by Crippen LogP contribution is 2.46. The van der Waals surface area contributed by atoms with E-state index in [9.17, 15) is 14.0 Å². The molecule has 0 radical (unpaired) electrons. The van der Waals surface area contributed by atoms with Crippen LogP contribution in [0.1, 0.15) is 57.2 Å². The Bertz CT molecular complexity index is 1080. The molecule has 2 aromatic carbocycles. The van der Waals surface area contributed by atoms with Gasteiger partial charge in [0.1, 0.15) is 29.3 Å². The first-order chi connectivity index (χ1) is 17.1. The molecule has 36 heavy (non-hydrogen) atoms. The molecular weight excluding hydrogens is 529 g/mol. The molecule has 1 fully saturated rings. The van der Waals surface area contributed by atoms with Crippen LogP contribution in [-0.4, -0.2) is 40.5 Å². The van der Waals surface area contributed by atoms with E-state index >= 15 is 0 Å². The van der Waals surface area contributed by atoms with Crippen LogP contribution in [0.25, 0.3) is 0 Å². The maximum absolute atomic E-state index is 13.9. The normalized spacial score (nSPS) is 19.9. The van der Waals surface area contributed by atoms with Gasteiger partial charge in [-0.25, -0.2) is 14.0 Å². The van der Waals surface area contributed by atoms with E-state index < -0.39 is 29.2 Å². The number of carbonyl (C=O) groups excluding carboxylic acids is 2. The Balaban J connectivity index is 1.89. The number of halogens is 2. The van der Waals surface area contributed by atoms with E-state index in [4.69, 9.17) is 14.2 Å². The lowest BCUT2D eigenvalue weighted by Gasteiger charge is -2.39. The van der Waals surface area contributed by atoms with E-state index in [0.717, 1.165) is 5.56 Å². The zero-order chi connectivity index (χ0) is 26.3. The van der Waals surface area contributed by atoms with Crippen LogP contribution in [-0.2, 0) is 20.9 Å². The average Bonchev–Trinajstić information content (AvgIpc) is 3.23. The molecule has 6 nitrogen and oxygen atoms in total. The molecule has 1 saturated heterocycles. The second-order valence-electron chi connectivity index (χ2n) is 9.71. The molecule has 1 amide bonds. The van der Waals surface area contributed by atoms with Crippen LogP contribution >= 0.6 is 15.9 Å². The van der Waals surface area contributed by atoms with Crippen LogP contribution in [0, 0.1) is 5.82 Å². The Hall–Kier alpha value is -2.87. The van der Waals surface area contributed by atoms with Gasteiger partial charge < -0.3 is 14.2 Å². The second kappa shape index (κ2) is 11.9. The van der Waals surface area contributed by atoms with Crippen molar-refractivity contribution in [3.8, 4) is 5.75 Å². The number of nitrogens with zero attached hydrogens (tertiary/aromatic N) is 1. The zero-order valence-electron chi connectivity index (χ0n) is 21.1. The van der Waals surface area contributed by atoms with E-state index in [1.807, 2.05) is 24.3 Å². The third kappa shape index (κ3) is 6.46. The van der Waals surface area contributed by atoms with Gasteiger partial charge in [0.25, 0.3) is 0 Å². The van der Waals surface area contributed by atoms with Gasteiger partial charge in [-0.15, -0.1) is 0 Å². The second-order valence-corrected chi connectivity index (χ2v) is 10.4. The monoisotopic (exact) mass is 561 g/mol. The van der Waals surface area contributed by atoms with Crippen molar-refractivity contribution in [1.29, 1.82) is 0 Å². The minimum atomic E-state index is -1.18. The fraction of sp³-hybridized carbons (Fsp3) is 0.429.